The summed E-state index contributed by atoms with van der Waals surface area (Å²) >= 11 is 6.03. The number of nitrogens with zero attached hydrogens (tertiary/aromatic N) is 2. The first-order valence-corrected chi connectivity index (χ1v) is 8.67. The van der Waals surface area contributed by atoms with Gasteiger partial charge in [-0.3, -0.25) is 0 Å². The summed E-state index contributed by atoms with van der Waals surface area (Å²) in [6.45, 7) is 1.27. The van der Waals surface area contributed by atoms with E-state index in [1.54, 1.807) is 11.4 Å². The Morgan fingerprint density at radius 2 is 2.00 bits per heavy atom. The Bertz CT molecular complexity index is 608. The molecule has 2 unspecified atom stereocenters. The van der Waals surface area contributed by atoms with Gasteiger partial charge in [0, 0.05) is 26.3 Å². The molecule has 1 aromatic heterocycles. The number of rotatable bonds is 3. The molecule has 1 saturated carbocycles. The maximum atomic E-state index is 12.6. The highest BCUT2D eigenvalue weighted by molar-refractivity contribution is 7.89. The number of hydrogen-bond acceptors (Lipinski definition) is 4. The van der Waals surface area contributed by atoms with Gasteiger partial charge in [-0.1, -0.05) is 18.0 Å². The topological polar surface area (TPSA) is 62.3 Å². The van der Waals surface area contributed by atoms with Gasteiger partial charge in [-0.15, -0.1) is 0 Å². The third-order valence-electron chi connectivity index (χ3n) is 4.38. The van der Waals surface area contributed by atoms with E-state index in [0.717, 1.165) is 12.8 Å². The Kier molecular flexibility index (Phi) is 3.64. The van der Waals surface area contributed by atoms with E-state index < -0.39 is 10.0 Å². The molecule has 20 heavy (non-hydrogen) atoms. The molecule has 1 aliphatic heterocycles. The molecule has 3 rings (SSSR count). The molecular formula is C13H18ClN3O2S. The number of halogens is 1. The van der Waals surface area contributed by atoms with Crippen LogP contribution in [0.1, 0.15) is 19.3 Å². The van der Waals surface area contributed by atoms with E-state index in [1.165, 1.54) is 18.7 Å². The van der Waals surface area contributed by atoms with Crippen molar-refractivity contribution in [3.05, 3.63) is 17.3 Å². The molecular weight excluding hydrogens is 298 g/mol. The van der Waals surface area contributed by atoms with Gasteiger partial charge in [-0.05, 0) is 30.7 Å². The fraction of sp³-hybridized carbons (Fsp3) is 0.615. The second-order valence-electron chi connectivity index (χ2n) is 5.52. The molecule has 5 nitrogen and oxygen atoms in total. The minimum absolute atomic E-state index is 0.182. The minimum atomic E-state index is -3.47. The van der Waals surface area contributed by atoms with Crippen LogP contribution in [-0.2, 0) is 10.0 Å². The van der Waals surface area contributed by atoms with Crippen LogP contribution in [0.2, 0.25) is 5.02 Å². The van der Waals surface area contributed by atoms with E-state index in [0.29, 0.717) is 35.8 Å². The van der Waals surface area contributed by atoms with Crippen molar-refractivity contribution < 1.29 is 8.42 Å². The van der Waals surface area contributed by atoms with Gasteiger partial charge in [0.2, 0.25) is 10.0 Å². The highest BCUT2D eigenvalue weighted by Crippen LogP contribution is 2.40. The monoisotopic (exact) mass is 315 g/mol. The quantitative estimate of drug-likeness (QED) is 0.929. The second kappa shape index (κ2) is 5.16. The van der Waals surface area contributed by atoms with Crippen LogP contribution in [0, 0.1) is 11.8 Å². The van der Waals surface area contributed by atoms with Crippen molar-refractivity contribution in [2.45, 2.75) is 24.2 Å². The molecule has 2 atom stereocenters. The Balaban J connectivity index is 1.87. The molecule has 1 aromatic rings. The van der Waals surface area contributed by atoms with Crippen molar-refractivity contribution in [2.75, 3.05) is 25.5 Å². The van der Waals surface area contributed by atoms with E-state index in [-0.39, 0.29) is 4.90 Å². The predicted octanol–water partition coefficient (Wildman–Crippen LogP) is 2.20. The molecule has 0 amide bonds. The Labute approximate surface area is 124 Å². The van der Waals surface area contributed by atoms with Crippen LogP contribution in [0.25, 0.3) is 0 Å². The first-order chi connectivity index (χ1) is 9.52. The van der Waals surface area contributed by atoms with Gasteiger partial charge in [0.25, 0.3) is 0 Å². The number of pyridine rings is 1. The van der Waals surface area contributed by atoms with Crippen LogP contribution in [0.3, 0.4) is 0 Å². The third-order valence-corrected chi connectivity index (χ3v) is 6.47. The van der Waals surface area contributed by atoms with Gasteiger partial charge >= 0.3 is 0 Å². The van der Waals surface area contributed by atoms with Gasteiger partial charge in [0.05, 0.1) is 5.02 Å². The Morgan fingerprint density at radius 3 is 2.55 bits per heavy atom. The maximum absolute atomic E-state index is 12.6. The summed E-state index contributed by atoms with van der Waals surface area (Å²) in [5.41, 5.74) is 0. The van der Waals surface area contributed by atoms with E-state index in [9.17, 15) is 8.42 Å². The van der Waals surface area contributed by atoms with Crippen molar-refractivity contribution in [1.82, 2.24) is 9.29 Å². The SMILES string of the molecule is CNc1ncc(S(=O)(=O)N2CC3CCCC3C2)cc1Cl. The smallest absolute Gasteiger partial charge is 0.244 e. The highest BCUT2D eigenvalue weighted by Gasteiger charge is 2.41. The van der Waals surface area contributed by atoms with Crippen molar-refractivity contribution in [3.63, 3.8) is 0 Å². The lowest BCUT2D eigenvalue weighted by atomic mass is 10.0. The summed E-state index contributed by atoms with van der Waals surface area (Å²) < 4.78 is 26.8. The molecule has 1 aliphatic carbocycles. The highest BCUT2D eigenvalue weighted by atomic mass is 35.5. The standard InChI is InChI=1S/C13H18ClN3O2S/c1-15-13-12(14)5-11(6-16-13)20(18,19)17-7-9-3-2-4-10(9)8-17/h5-6,9-10H,2-4,7-8H2,1H3,(H,15,16). The Hall–Kier alpha value is -0.850. The molecule has 0 bridgehead atoms. The normalized spacial score (nSPS) is 26.7. The van der Waals surface area contributed by atoms with Crippen LogP contribution in [0.5, 0.6) is 0 Å². The first kappa shape index (κ1) is 14.1. The molecule has 2 fully saturated rings. The molecule has 110 valence electrons. The summed E-state index contributed by atoms with van der Waals surface area (Å²) in [5, 5.41) is 3.15. The van der Waals surface area contributed by atoms with Crippen LogP contribution in [0.15, 0.2) is 17.2 Å². The van der Waals surface area contributed by atoms with Crippen molar-refractivity contribution in [3.8, 4) is 0 Å². The van der Waals surface area contributed by atoms with Crippen LogP contribution < -0.4 is 5.32 Å². The van der Waals surface area contributed by atoms with Crippen molar-refractivity contribution in [2.24, 2.45) is 11.8 Å². The molecule has 0 spiro atoms. The van der Waals surface area contributed by atoms with Crippen LogP contribution in [-0.4, -0.2) is 37.8 Å². The lowest BCUT2D eigenvalue weighted by Crippen LogP contribution is -2.29. The van der Waals surface area contributed by atoms with Gasteiger partial charge in [-0.25, -0.2) is 13.4 Å². The molecule has 7 heteroatoms. The largest absolute Gasteiger partial charge is 0.372 e. The summed E-state index contributed by atoms with van der Waals surface area (Å²) in [7, 11) is -1.77. The summed E-state index contributed by atoms with van der Waals surface area (Å²) in [6, 6.07) is 1.48. The summed E-state index contributed by atoms with van der Waals surface area (Å²) in [5.74, 6) is 1.55. The molecule has 2 aliphatic rings. The van der Waals surface area contributed by atoms with E-state index in [4.69, 9.17) is 11.6 Å². The average molecular weight is 316 g/mol. The zero-order valence-corrected chi connectivity index (χ0v) is 12.9. The van der Waals surface area contributed by atoms with Gasteiger partial charge in [0.1, 0.15) is 10.7 Å². The second-order valence-corrected chi connectivity index (χ2v) is 7.87. The fourth-order valence-electron chi connectivity index (χ4n) is 3.28. The van der Waals surface area contributed by atoms with Crippen LogP contribution >= 0.6 is 11.6 Å². The first-order valence-electron chi connectivity index (χ1n) is 6.86. The zero-order chi connectivity index (χ0) is 14.3. The zero-order valence-electron chi connectivity index (χ0n) is 11.3. The van der Waals surface area contributed by atoms with Crippen molar-refractivity contribution >= 4 is 27.4 Å². The molecule has 1 saturated heterocycles. The summed E-state index contributed by atoms with van der Waals surface area (Å²) in [6.07, 6.45) is 4.90. The van der Waals surface area contributed by atoms with Gasteiger partial charge < -0.3 is 5.32 Å². The van der Waals surface area contributed by atoms with E-state index in [1.807, 2.05) is 0 Å². The number of fused-ring (bicyclic) bond motifs is 1. The minimum Gasteiger partial charge on any atom is -0.372 e. The average Bonchev–Trinajstić information content (AvgIpc) is 2.99. The number of hydrogen-bond donors (Lipinski definition) is 1. The molecule has 0 radical (unpaired) electrons. The third kappa shape index (κ3) is 2.29. The number of sulfonamides is 1. The number of aromatic nitrogens is 1. The predicted molar refractivity (Wildman–Crippen MR) is 78.4 cm³/mol. The molecule has 1 N–H and O–H groups in total. The van der Waals surface area contributed by atoms with Gasteiger partial charge in [-0.2, -0.15) is 4.31 Å². The van der Waals surface area contributed by atoms with Crippen LogP contribution in [0.4, 0.5) is 5.82 Å². The fourth-order valence-corrected chi connectivity index (χ4v) is 5.13. The number of nitrogens with one attached hydrogen (secondary N) is 1. The maximum Gasteiger partial charge on any atom is 0.244 e. The number of anilines is 1. The van der Waals surface area contributed by atoms with E-state index in [2.05, 4.69) is 10.3 Å². The lowest BCUT2D eigenvalue weighted by molar-refractivity contribution is 0.445. The molecule has 0 aromatic carbocycles. The Morgan fingerprint density at radius 1 is 1.35 bits per heavy atom. The van der Waals surface area contributed by atoms with Crippen molar-refractivity contribution in [1.29, 1.82) is 0 Å². The summed E-state index contributed by atoms with van der Waals surface area (Å²) in [4.78, 5) is 4.24. The van der Waals surface area contributed by atoms with E-state index >= 15 is 0 Å². The molecule has 2 heterocycles. The lowest BCUT2D eigenvalue weighted by Gasteiger charge is -2.17. The van der Waals surface area contributed by atoms with Gasteiger partial charge in [0.15, 0.2) is 0 Å².